The lowest BCUT2D eigenvalue weighted by Gasteiger charge is -2.34. The number of carbonyl (C=O) groups is 1. The van der Waals surface area contributed by atoms with Crippen molar-refractivity contribution in [2.24, 2.45) is 11.1 Å². The van der Waals surface area contributed by atoms with Gasteiger partial charge in [0.25, 0.3) is 0 Å². The molecule has 2 heterocycles. The average Bonchev–Trinajstić information content (AvgIpc) is 2.88. The zero-order chi connectivity index (χ0) is 13.9. The average molecular weight is 266 g/mol. The van der Waals surface area contributed by atoms with E-state index in [9.17, 15) is 4.79 Å². The Bertz CT molecular complexity index is 436. The van der Waals surface area contributed by atoms with Crippen LogP contribution in [0, 0.1) is 5.41 Å². The molecule has 6 heteroatoms. The summed E-state index contributed by atoms with van der Waals surface area (Å²) in [7, 11) is 0. The van der Waals surface area contributed by atoms with Crippen LogP contribution in [-0.2, 0) is 9.53 Å². The van der Waals surface area contributed by atoms with Crippen LogP contribution in [0.4, 0.5) is 5.69 Å². The van der Waals surface area contributed by atoms with Crippen LogP contribution in [-0.4, -0.2) is 35.4 Å². The van der Waals surface area contributed by atoms with Crippen LogP contribution in [0.15, 0.2) is 12.4 Å². The standard InChI is InChI=1S/C13H22N4O2/c1-10(2)17-8-11(7-15-17)16-12(18)13(9-14)3-5-19-6-4-13/h7-8,10H,3-6,9,14H2,1-2H3,(H,16,18). The number of hydrogen-bond acceptors (Lipinski definition) is 4. The largest absolute Gasteiger partial charge is 0.381 e. The molecule has 0 unspecified atom stereocenters. The minimum atomic E-state index is -0.502. The number of amides is 1. The maximum Gasteiger partial charge on any atom is 0.232 e. The van der Waals surface area contributed by atoms with Crippen LogP contribution in [0.5, 0.6) is 0 Å². The Kier molecular flexibility index (Phi) is 4.21. The van der Waals surface area contributed by atoms with Gasteiger partial charge in [-0.1, -0.05) is 0 Å². The number of anilines is 1. The van der Waals surface area contributed by atoms with Crippen molar-refractivity contribution in [1.82, 2.24) is 9.78 Å². The molecule has 0 atom stereocenters. The van der Waals surface area contributed by atoms with E-state index in [0.29, 0.717) is 32.6 Å². The van der Waals surface area contributed by atoms with Crippen LogP contribution < -0.4 is 11.1 Å². The molecule has 2 rings (SSSR count). The second-order valence-corrected chi connectivity index (χ2v) is 5.35. The number of nitrogens with zero attached hydrogens (tertiary/aromatic N) is 2. The fraction of sp³-hybridized carbons (Fsp3) is 0.692. The fourth-order valence-electron chi connectivity index (χ4n) is 2.23. The van der Waals surface area contributed by atoms with Gasteiger partial charge in [0.15, 0.2) is 0 Å². The van der Waals surface area contributed by atoms with Crippen molar-refractivity contribution in [3.63, 3.8) is 0 Å². The number of hydrogen-bond donors (Lipinski definition) is 2. The highest BCUT2D eigenvalue weighted by atomic mass is 16.5. The number of nitrogens with one attached hydrogen (secondary N) is 1. The van der Waals surface area contributed by atoms with E-state index in [-0.39, 0.29) is 11.9 Å². The molecule has 0 aromatic carbocycles. The van der Waals surface area contributed by atoms with E-state index in [4.69, 9.17) is 10.5 Å². The molecule has 1 aliphatic heterocycles. The van der Waals surface area contributed by atoms with Crippen molar-refractivity contribution in [1.29, 1.82) is 0 Å². The SMILES string of the molecule is CC(C)n1cc(NC(=O)C2(CN)CCOCC2)cn1. The summed E-state index contributed by atoms with van der Waals surface area (Å²) in [6.45, 7) is 5.61. The first-order valence-corrected chi connectivity index (χ1v) is 6.71. The summed E-state index contributed by atoms with van der Waals surface area (Å²) in [4.78, 5) is 12.4. The molecular weight excluding hydrogens is 244 g/mol. The smallest absolute Gasteiger partial charge is 0.232 e. The van der Waals surface area contributed by atoms with Gasteiger partial charge in [-0.3, -0.25) is 9.48 Å². The van der Waals surface area contributed by atoms with Crippen molar-refractivity contribution in [3.05, 3.63) is 12.4 Å². The lowest BCUT2D eigenvalue weighted by molar-refractivity contribution is -0.130. The number of carbonyl (C=O) groups excluding carboxylic acids is 1. The number of aromatic nitrogens is 2. The van der Waals surface area contributed by atoms with Gasteiger partial charge in [0.1, 0.15) is 0 Å². The zero-order valence-electron chi connectivity index (χ0n) is 11.6. The van der Waals surface area contributed by atoms with Crippen molar-refractivity contribution in [2.75, 3.05) is 25.1 Å². The highest BCUT2D eigenvalue weighted by Crippen LogP contribution is 2.30. The molecule has 19 heavy (non-hydrogen) atoms. The summed E-state index contributed by atoms with van der Waals surface area (Å²) in [6, 6.07) is 0.275. The summed E-state index contributed by atoms with van der Waals surface area (Å²) in [5.74, 6) is -0.0263. The van der Waals surface area contributed by atoms with E-state index in [0.717, 1.165) is 5.69 Å². The Morgan fingerprint density at radius 2 is 2.26 bits per heavy atom. The van der Waals surface area contributed by atoms with Gasteiger partial charge in [0, 0.05) is 32.0 Å². The third-order valence-electron chi connectivity index (χ3n) is 3.71. The molecule has 1 aliphatic rings. The Morgan fingerprint density at radius 3 is 2.79 bits per heavy atom. The minimum absolute atomic E-state index is 0.0263. The van der Waals surface area contributed by atoms with Gasteiger partial charge >= 0.3 is 0 Å². The molecule has 0 saturated carbocycles. The number of rotatable bonds is 4. The Morgan fingerprint density at radius 1 is 1.58 bits per heavy atom. The van der Waals surface area contributed by atoms with Gasteiger partial charge in [-0.05, 0) is 26.7 Å². The normalized spacial score (nSPS) is 18.5. The second kappa shape index (κ2) is 5.71. The first-order chi connectivity index (χ1) is 9.07. The lowest BCUT2D eigenvalue weighted by atomic mass is 9.79. The predicted molar refractivity (Wildman–Crippen MR) is 72.8 cm³/mol. The summed E-state index contributed by atoms with van der Waals surface area (Å²) < 4.78 is 7.12. The lowest BCUT2D eigenvalue weighted by Crippen LogP contribution is -2.46. The van der Waals surface area contributed by atoms with E-state index in [1.54, 1.807) is 6.20 Å². The van der Waals surface area contributed by atoms with E-state index in [1.165, 1.54) is 0 Å². The van der Waals surface area contributed by atoms with Gasteiger partial charge in [-0.2, -0.15) is 5.10 Å². The maximum atomic E-state index is 12.4. The quantitative estimate of drug-likeness (QED) is 0.856. The first kappa shape index (κ1) is 14.0. The monoisotopic (exact) mass is 266 g/mol. The molecule has 0 aliphatic carbocycles. The molecule has 3 N–H and O–H groups in total. The molecule has 1 aromatic rings. The molecule has 0 radical (unpaired) electrons. The van der Waals surface area contributed by atoms with Gasteiger partial charge in [0.2, 0.25) is 5.91 Å². The maximum absolute atomic E-state index is 12.4. The first-order valence-electron chi connectivity index (χ1n) is 6.71. The topological polar surface area (TPSA) is 82.2 Å². The molecule has 0 spiro atoms. The van der Waals surface area contributed by atoms with Crippen molar-refractivity contribution >= 4 is 11.6 Å². The molecule has 1 saturated heterocycles. The Labute approximate surface area is 113 Å². The zero-order valence-corrected chi connectivity index (χ0v) is 11.6. The summed E-state index contributed by atoms with van der Waals surface area (Å²) in [5.41, 5.74) is 6.03. The Hall–Kier alpha value is -1.40. The van der Waals surface area contributed by atoms with Crippen molar-refractivity contribution in [3.8, 4) is 0 Å². The van der Waals surface area contributed by atoms with Crippen LogP contribution in [0.25, 0.3) is 0 Å². The van der Waals surface area contributed by atoms with E-state index in [1.807, 2.05) is 24.7 Å². The molecular formula is C13H22N4O2. The van der Waals surface area contributed by atoms with E-state index >= 15 is 0 Å². The molecule has 1 aromatic heterocycles. The van der Waals surface area contributed by atoms with E-state index < -0.39 is 5.41 Å². The summed E-state index contributed by atoms with van der Waals surface area (Å²) in [6.07, 6.45) is 4.86. The molecule has 6 nitrogen and oxygen atoms in total. The Balaban J connectivity index is 2.06. The summed E-state index contributed by atoms with van der Waals surface area (Å²) >= 11 is 0. The fourth-order valence-corrected chi connectivity index (χ4v) is 2.23. The predicted octanol–water partition coefficient (Wildman–Crippen LogP) is 1.16. The van der Waals surface area contributed by atoms with Crippen LogP contribution in [0.3, 0.4) is 0 Å². The van der Waals surface area contributed by atoms with Crippen LogP contribution in [0.1, 0.15) is 32.7 Å². The number of nitrogens with two attached hydrogens (primary N) is 1. The molecule has 1 amide bonds. The second-order valence-electron chi connectivity index (χ2n) is 5.35. The third kappa shape index (κ3) is 2.96. The van der Waals surface area contributed by atoms with Gasteiger partial charge in [-0.25, -0.2) is 0 Å². The summed E-state index contributed by atoms with van der Waals surface area (Å²) in [5, 5.41) is 7.13. The van der Waals surface area contributed by atoms with Gasteiger partial charge in [0.05, 0.1) is 17.3 Å². The molecule has 106 valence electrons. The van der Waals surface area contributed by atoms with Crippen molar-refractivity contribution in [2.45, 2.75) is 32.7 Å². The third-order valence-corrected chi connectivity index (χ3v) is 3.71. The highest BCUT2D eigenvalue weighted by Gasteiger charge is 2.38. The molecule has 0 bridgehead atoms. The van der Waals surface area contributed by atoms with Crippen LogP contribution >= 0.6 is 0 Å². The van der Waals surface area contributed by atoms with E-state index in [2.05, 4.69) is 10.4 Å². The molecule has 1 fully saturated rings. The van der Waals surface area contributed by atoms with Gasteiger partial charge in [-0.15, -0.1) is 0 Å². The highest BCUT2D eigenvalue weighted by molar-refractivity contribution is 5.95. The van der Waals surface area contributed by atoms with Crippen molar-refractivity contribution < 1.29 is 9.53 Å². The minimum Gasteiger partial charge on any atom is -0.381 e. The van der Waals surface area contributed by atoms with Crippen LogP contribution in [0.2, 0.25) is 0 Å². The number of ether oxygens (including phenoxy) is 1. The van der Waals surface area contributed by atoms with Gasteiger partial charge < -0.3 is 15.8 Å².